The van der Waals surface area contributed by atoms with Gasteiger partial charge in [0.15, 0.2) is 11.2 Å². The van der Waals surface area contributed by atoms with Crippen molar-refractivity contribution >= 4 is 28.5 Å². The molecule has 3 heterocycles. The monoisotopic (exact) mass is 430 g/mol. The highest BCUT2D eigenvalue weighted by atomic mass is 35.5. The van der Waals surface area contributed by atoms with Crippen LogP contribution in [-0.4, -0.2) is 49.8 Å². The number of hydrogen-bond acceptors (Lipinski definition) is 5. The topological polar surface area (TPSA) is 68.3 Å². The fourth-order valence-electron chi connectivity index (χ4n) is 4.16. The summed E-state index contributed by atoms with van der Waals surface area (Å²) in [5.41, 5.74) is 1.41. The molecule has 30 heavy (non-hydrogen) atoms. The van der Waals surface area contributed by atoms with E-state index in [-0.39, 0.29) is 17.3 Å². The van der Waals surface area contributed by atoms with Gasteiger partial charge in [0, 0.05) is 57.0 Å². The van der Waals surface area contributed by atoms with E-state index in [1.165, 1.54) is 11.6 Å². The maximum absolute atomic E-state index is 12.8. The molecule has 0 bridgehead atoms. The van der Waals surface area contributed by atoms with Crippen molar-refractivity contribution in [3.05, 3.63) is 56.0 Å². The highest BCUT2D eigenvalue weighted by Gasteiger charge is 2.24. The first kappa shape index (κ1) is 20.7. The summed E-state index contributed by atoms with van der Waals surface area (Å²) >= 11 is 6.13. The van der Waals surface area contributed by atoms with E-state index in [2.05, 4.69) is 15.9 Å². The van der Waals surface area contributed by atoms with Crippen molar-refractivity contribution in [3.8, 4) is 0 Å². The molecule has 2 aromatic heterocycles. The lowest BCUT2D eigenvalue weighted by Crippen LogP contribution is -2.46. The van der Waals surface area contributed by atoms with Crippen molar-refractivity contribution in [2.24, 2.45) is 14.1 Å². The zero-order valence-corrected chi connectivity index (χ0v) is 18.6. The van der Waals surface area contributed by atoms with Crippen molar-refractivity contribution in [3.63, 3.8) is 0 Å². The van der Waals surface area contributed by atoms with Gasteiger partial charge < -0.3 is 9.47 Å². The fourth-order valence-corrected chi connectivity index (χ4v) is 4.35. The predicted octanol–water partition coefficient (Wildman–Crippen LogP) is 1.99. The highest BCUT2D eigenvalue weighted by molar-refractivity contribution is 6.30. The second kappa shape index (κ2) is 7.92. The predicted molar refractivity (Wildman–Crippen MR) is 120 cm³/mol. The van der Waals surface area contributed by atoms with Gasteiger partial charge in [-0.15, -0.1) is 0 Å². The minimum absolute atomic E-state index is 0.0583. The van der Waals surface area contributed by atoms with Crippen LogP contribution < -0.4 is 16.1 Å². The van der Waals surface area contributed by atoms with Crippen LogP contribution in [0, 0.1) is 0 Å². The van der Waals surface area contributed by atoms with E-state index in [9.17, 15) is 9.59 Å². The summed E-state index contributed by atoms with van der Waals surface area (Å²) in [6.07, 6.45) is 0. The summed E-state index contributed by atoms with van der Waals surface area (Å²) in [6.45, 7) is 8.24. The highest BCUT2D eigenvalue weighted by Crippen LogP contribution is 2.22. The van der Waals surface area contributed by atoms with Crippen LogP contribution in [0.2, 0.25) is 5.02 Å². The Labute approximate surface area is 179 Å². The number of aryl methyl sites for hydroxylation is 1. The maximum Gasteiger partial charge on any atom is 0.332 e. The summed E-state index contributed by atoms with van der Waals surface area (Å²) in [5.74, 6) is 0.814. The third-order valence-electron chi connectivity index (χ3n) is 5.79. The number of nitrogens with zero attached hydrogens (tertiary/aromatic N) is 6. The molecule has 0 spiro atoms. The molecule has 8 nitrogen and oxygen atoms in total. The summed E-state index contributed by atoms with van der Waals surface area (Å²) in [5, 5.41) is 0.743. The van der Waals surface area contributed by atoms with E-state index in [1.54, 1.807) is 7.05 Å². The van der Waals surface area contributed by atoms with Crippen LogP contribution in [0.5, 0.6) is 0 Å². The Morgan fingerprint density at radius 2 is 1.77 bits per heavy atom. The average Bonchev–Trinajstić information content (AvgIpc) is 3.11. The zero-order valence-electron chi connectivity index (χ0n) is 17.8. The SMILES string of the molecule is CC(C)n1c(CN2CCN(c3cccc(Cl)c3)CC2)nc2c1c(=O)n(C)c(=O)n2C. The van der Waals surface area contributed by atoms with Gasteiger partial charge in [0.05, 0.1) is 6.54 Å². The van der Waals surface area contributed by atoms with Crippen LogP contribution in [-0.2, 0) is 20.6 Å². The molecule has 3 aromatic rings. The number of hydrogen-bond donors (Lipinski definition) is 0. The number of piperazine rings is 1. The Morgan fingerprint density at radius 3 is 2.40 bits per heavy atom. The average molecular weight is 431 g/mol. The summed E-state index contributed by atoms with van der Waals surface area (Å²) < 4.78 is 4.58. The van der Waals surface area contributed by atoms with E-state index in [4.69, 9.17) is 16.6 Å². The van der Waals surface area contributed by atoms with E-state index in [0.717, 1.165) is 47.3 Å². The van der Waals surface area contributed by atoms with Gasteiger partial charge in [-0.05, 0) is 32.0 Å². The normalized spacial score (nSPS) is 15.5. The molecule has 0 unspecified atom stereocenters. The zero-order chi connectivity index (χ0) is 21.6. The first-order chi connectivity index (χ1) is 14.3. The number of aromatic nitrogens is 4. The molecule has 1 aromatic carbocycles. The van der Waals surface area contributed by atoms with Gasteiger partial charge in [0.25, 0.3) is 5.56 Å². The molecule has 1 aliphatic rings. The second-order valence-electron chi connectivity index (χ2n) is 8.11. The standard InChI is InChI=1S/C21H27ClN6O2/c1-14(2)28-17(23-19-18(28)20(29)25(4)21(30)24(19)3)13-26-8-10-27(11-9-26)16-7-5-6-15(22)12-16/h5-7,12,14H,8-11,13H2,1-4H3. The van der Waals surface area contributed by atoms with Crippen molar-refractivity contribution in [1.82, 2.24) is 23.6 Å². The molecular weight excluding hydrogens is 404 g/mol. The van der Waals surface area contributed by atoms with Crippen LogP contribution in [0.1, 0.15) is 25.7 Å². The van der Waals surface area contributed by atoms with Crippen molar-refractivity contribution in [2.75, 3.05) is 31.1 Å². The number of fused-ring (bicyclic) bond motifs is 1. The third-order valence-corrected chi connectivity index (χ3v) is 6.03. The summed E-state index contributed by atoms with van der Waals surface area (Å²) in [7, 11) is 3.17. The molecule has 1 fully saturated rings. The Hall–Kier alpha value is -2.58. The van der Waals surface area contributed by atoms with Crippen LogP contribution in [0.3, 0.4) is 0 Å². The number of rotatable bonds is 4. The smallest absolute Gasteiger partial charge is 0.332 e. The number of halogens is 1. The quantitative estimate of drug-likeness (QED) is 0.633. The molecule has 9 heteroatoms. The van der Waals surface area contributed by atoms with Crippen LogP contribution in [0.25, 0.3) is 11.2 Å². The molecule has 0 aliphatic carbocycles. The minimum Gasteiger partial charge on any atom is -0.369 e. The van der Waals surface area contributed by atoms with Crippen molar-refractivity contribution < 1.29 is 0 Å². The molecule has 0 amide bonds. The molecule has 0 atom stereocenters. The van der Waals surface area contributed by atoms with Crippen LogP contribution in [0.15, 0.2) is 33.9 Å². The van der Waals surface area contributed by atoms with Gasteiger partial charge in [0.1, 0.15) is 5.82 Å². The molecule has 1 saturated heterocycles. The molecule has 4 rings (SSSR count). The van der Waals surface area contributed by atoms with E-state index < -0.39 is 0 Å². The first-order valence-electron chi connectivity index (χ1n) is 10.2. The minimum atomic E-state index is -0.359. The maximum atomic E-state index is 12.8. The second-order valence-corrected chi connectivity index (χ2v) is 8.55. The van der Waals surface area contributed by atoms with Crippen molar-refractivity contribution in [2.45, 2.75) is 26.4 Å². The van der Waals surface area contributed by atoms with Crippen LogP contribution >= 0.6 is 11.6 Å². The molecule has 0 radical (unpaired) electrons. The summed E-state index contributed by atoms with van der Waals surface area (Å²) in [6, 6.07) is 7.99. The van der Waals surface area contributed by atoms with Gasteiger partial charge in [-0.1, -0.05) is 17.7 Å². The first-order valence-corrected chi connectivity index (χ1v) is 10.6. The molecule has 0 N–H and O–H groups in total. The number of anilines is 1. The Bertz CT molecular complexity index is 1200. The van der Waals surface area contributed by atoms with Crippen molar-refractivity contribution in [1.29, 1.82) is 0 Å². The van der Waals surface area contributed by atoms with Gasteiger partial charge in [-0.3, -0.25) is 18.8 Å². The van der Waals surface area contributed by atoms with Gasteiger partial charge in [-0.25, -0.2) is 9.78 Å². The molecule has 1 aliphatic heterocycles. The Morgan fingerprint density at radius 1 is 1.07 bits per heavy atom. The third kappa shape index (κ3) is 3.54. The summed E-state index contributed by atoms with van der Waals surface area (Å²) in [4.78, 5) is 34.5. The lowest BCUT2D eigenvalue weighted by molar-refractivity contribution is 0.240. The van der Waals surface area contributed by atoms with Gasteiger partial charge in [-0.2, -0.15) is 0 Å². The molecular formula is C21H27ClN6O2. The fraction of sp³-hybridized carbons (Fsp3) is 0.476. The van der Waals surface area contributed by atoms with E-state index >= 15 is 0 Å². The number of benzene rings is 1. The number of imidazole rings is 1. The largest absolute Gasteiger partial charge is 0.369 e. The van der Waals surface area contributed by atoms with E-state index in [0.29, 0.717) is 17.7 Å². The lowest BCUT2D eigenvalue weighted by Gasteiger charge is -2.36. The Balaban J connectivity index is 1.61. The van der Waals surface area contributed by atoms with Crippen LogP contribution in [0.4, 0.5) is 5.69 Å². The molecule has 160 valence electrons. The van der Waals surface area contributed by atoms with Gasteiger partial charge in [0.2, 0.25) is 0 Å². The van der Waals surface area contributed by atoms with E-state index in [1.807, 2.05) is 36.6 Å². The Kier molecular flexibility index (Phi) is 5.46. The molecule has 0 saturated carbocycles. The van der Waals surface area contributed by atoms with Gasteiger partial charge >= 0.3 is 5.69 Å². The lowest BCUT2D eigenvalue weighted by atomic mass is 10.2.